The van der Waals surface area contributed by atoms with E-state index in [1.54, 1.807) is 0 Å². The Kier molecular flexibility index (Phi) is 4.14. The van der Waals surface area contributed by atoms with Crippen LogP contribution in [-0.4, -0.2) is 35.7 Å². The summed E-state index contributed by atoms with van der Waals surface area (Å²) >= 11 is 1.86. The predicted octanol–water partition coefficient (Wildman–Crippen LogP) is 2.42. The van der Waals surface area contributed by atoms with Gasteiger partial charge in [0.15, 0.2) is 5.17 Å². The lowest BCUT2D eigenvalue weighted by atomic mass is 9.96. The maximum Gasteiger partial charge on any atom is 0.157 e. The number of rotatable bonds is 2. The zero-order valence-corrected chi connectivity index (χ0v) is 11.1. The molecule has 2 unspecified atom stereocenters. The first kappa shape index (κ1) is 12.2. The standard InChI is InChI=1S/C12H22N2OS/c1-3-12(2)6-8-16-11(14-12)13-10-5-4-7-15-9-10/h10H,3-9H2,1-2H3,(H,13,14). The molecule has 3 nitrogen and oxygen atoms in total. The van der Waals surface area contributed by atoms with Crippen molar-refractivity contribution in [3.05, 3.63) is 0 Å². The highest BCUT2D eigenvalue weighted by Crippen LogP contribution is 2.25. The van der Waals surface area contributed by atoms with Gasteiger partial charge in [0.05, 0.1) is 12.6 Å². The first-order chi connectivity index (χ1) is 7.72. The molecule has 2 heterocycles. The Bertz CT molecular complexity index is 264. The van der Waals surface area contributed by atoms with Gasteiger partial charge >= 0.3 is 0 Å². The van der Waals surface area contributed by atoms with Gasteiger partial charge in [-0.25, -0.2) is 0 Å². The van der Waals surface area contributed by atoms with E-state index in [0.717, 1.165) is 31.2 Å². The van der Waals surface area contributed by atoms with E-state index in [4.69, 9.17) is 9.73 Å². The minimum absolute atomic E-state index is 0.250. The highest BCUT2D eigenvalue weighted by atomic mass is 32.2. The van der Waals surface area contributed by atoms with Crippen LogP contribution >= 0.6 is 11.8 Å². The first-order valence-electron chi connectivity index (χ1n) is 6.28. The molecular formula is C12H22N2OS. The summed E-state index contributed by atoms with van der Waals surface area (Å²) in [6, 6.07) is 0.378. The first-order valence-corrected chi connectivity index (χ1v) is 7.27. The van der Waals surface area contributed by atoms with Crippen molar-refractivity contribution in [3.63, 3.8) is 0 Å². The van der Waals surface area contributed by atoms with Gasteiger partial charge < -0.3 is 10.1 Å². The van der Waals surface area contributed by atoms with Crippen molar-refractivity contribution in [2.24, 2.45) is 4.99 Å². The van der Waals surface area contributed by atoms with Crippen molar-refractivity contribution in [2.45, 2.75) is 51.1 Å². The second-order valence-electron chi connectivity index (χ2n) is 4.94. The van der Waals surface area contributed by atoms with Crippen LogP contribution in [0.5, 0.6) is 0 Å². The Balaban J connectivity index is 1.95. The van der Waals surface area contributed by atoms with Crippen molar-refractivity contribution < 1.29 is 4.74 Å². The third kappa shape index (κ3) is 3.14. The monoisotopic (exact) mass is 242 g/mol. The van der Waals surface area contributed by atoms with Crippen LogP contribution in [0.25, 0.3) is 0 Å². The molecule has 2 aliphatic heterocycles. The van der Waals surface area contributed by atoms with Crippen LogP contribution < -0.4 is 5.32 Å². The molecular weight excluding hydrogens is 220 g/mol. The molecule has 0 radical (unpaired) electrons. The third-order valence-electron chi connectivity index (χ3n) is 3.52. The Morgan fingerprint density at radius 2 is 2.50 bits per heavy atom. The minimum atomic E-state index is 0.250. The number of ether oxygens (including phenoxy) is 1. The Morgan fingerprint density at radius 3 is 3.19 bits per heavy atom. The van der Waals surface area contributed by atoms with E-state index in [9.17, 15) is 0 Å². The lowest BCUT2D eigenvalue weighted by Gasteiger charge is -2.35. The molecule has 2 fully saturated rings. The largest absolute Gasteiger partial charge is 0.379 e. The van der Waals surface area contributed by atoms with Crippen molar-refractivity contribution in [3.8, 4) is 0 Å². The highest BCUT2D eigenvalue weighted by Gasteiger charge is 2.28. The van der Waals surface area contributed by atoms with Crippen LogP contribution in [-0.2, 0) is 4.74 Å². The molecule has 1 N–H and O–H groups in total. The Morgan fingerprint density at radius 1 is 1.62 bits per heavy atom. The molecule has 0 aromatic heterocycles. The van der Waals surface area contributed by atoms with Crippen LogP contribution in [0.1, 0.15) is 39.5 Å². The molecule has 2 rings (SSSR count). The summed E-state index contributed by atoms with van der Waals surface area (Å²) in [5.41, 5.74) is 0.250. The summed E-state index contributed by atoms with van der Waals surface area (Å²) in [6.45, 7) is 6.24. The molecule has 0 amide bonds. The van der Waals surface area contributed by atoms with Crippen LogP contribution in [0, 0.1) is 0 Å². The van der Waals surface area contributed by atoms with Crippen LogP contribution in [0.4, 0.5) is 0 Å². The normalized spacial score (nSPS) is 38.4. The lowest BCUT2D eigenvalue weighted by Crippen LogP contribution is -2.48. The van der Waals surface area contributed by atoms with E-state index < -0.39 is 0 Å². The summed E-state index contributed by atoms with van der Waals surface area (Å²) in [6.07, 6.45) is 4.72. The summed E-state index contributed by atoms with van der Waals surface area (Å²) in [5.74, 6) is 1.18. The van der Waals surface area contributed by atoms with Crippen molar-refractivity contribution in [1.29, 1.82) is 0 Å². The topological polar surface area (TPSA) is 33.6 Å². The van der Waals surface area contributed by atoms with Crippen molar-refractivity contribution in [2.75, 3.05) is 19.0 Å². The van der Waals surface area contributed by atoms with E-state index in [2.05, 4.69) is 19.2 Å². The second kappa shape index (κ2) is 5.41. The van der Waals surface area contributed by atoms with Crippen molar-refractivity contribution in [1.82, 2.24) is 5.32 Å². The van der Waals surface area contributed by atoms with Gasteiger partial charge in [0, 0.05) is 17.9 Å². The van der Waals surface area contributed by atoms with Gasteiger partial charge in [-0.15, -0.1) is 0 Å². The molecule has 0 bridgehead atoms. The molecule has 4 heteroatoms. The van der Waals surface area contributed by atoms with E-state index >= 15 is 0 Å². The Hall–Kier alpha value is -0.220. The molecule has 0 aromatic rings. The Labute approximate surface area is 102 Å². The summed E-state index contributed by atoms with van der Waals surface area (Å²) in [4.78, 5) is 4.78. The maximum absolute atomic E-state index is 5.46. The lowest BCUT2D eigenvalue weighted by molar-refractivity contribution is 0.0828. The molecule has 16 heavy (non-hydrogen) atoms. The number of aliphatic imine (C=N–C) groups is 1. The van der Waals surface area contributed by atoms with Gasteiger partial charge in [-0.1, -0.05) is 18.7 Å². The van der Waals surface area contributed by atoms with Crippen LogP contribution in [0.2, 0.25) is 0 Å². The number of hydrogen-bond donors (Lipinski definition) is 1. The number of amidine groups is 1. The summed E-state index contributed by atoms with van der Waals surface area (Å²) in [5, 5.41) is 4.71. The maximum atomic E-state index is 5.46. The number of thioether (sulfide) groups is 1. The zero-order chi connectivity index (χ0) is 11.4. The molecule has 0 spiro atoms. The fraction of sp³-hybridized carbons (Fsp3) is 0.917. The van der Waals surface area contributed by atoms with Gasteiger partial charge in [-0.2, -0.15) is 0 Å². The highest BCUT2D eigenvalue weighted by molar-refractivity contribution is 8.13. The average Bonchev–Trinajstić information content (AvgIpc) is 2.30. The van der Waals surface area contributed by atoms with Crippen LogP contribution in [0.15, 0.2) is 4.99 Å². The number of hydrogen-bond acceptors (Lipinski definition) is 3. The zero-order valence-electron chi connectivity index (χ0n) is 10.3. The smallest absolute Gasteiger partial charge is 0.157 e. The van der Waals surface area contributed by atoms with Gasteiger partial charge in [-0.05, 0) is 32.6 Å². The molecule has 0 aliphatic carbocycles. The second-order valence-corrected chi connectivity index (χ2v) is 6.03. The van der Waals surface area contributed by atoms with Gasteiger partial charge in [0.1, 0.15) is 0 Å². The van der Waals surface area contributed by atoms with E-state index in [0.29, 0.717) is 6.04 Å². The fourth-order valence-electron chi connectivity index (χ4n) is 2.06. The average molecular weight is 242 g/mol. The van der Waals surface area contributed by atoms with E-state index in [-0.39, 0.29) is 5.54 Å². The molecule has 2 atom stereocenters. The SMILES string of the molecule is CCC1(C)CCSC(=NC2CCCOC2)N1. The number of nitrogens with one attached hydrogen (secondary N) is 1. The van der Waals surface area contributed by atoms with E-state index in [1.165, 1.54) is 18.6 Å². The quantitative estimate of drug-likeness (QED) is 0.807. The van der Waals surface area contributed by atoms with Crippen molar-refractivity contribution >= 4 is 16.9 Å². The molecule has 0 saturated carbocycles. The summed E-state index contributed by atoms with van der Waals surface area (Å²) < 4.78 is 5.46. The minimum Gasteiger partial charge on any atom is -0.379 e. The van der Waals surface area contributed by atoms with Gasteiger partial charge in [0.2, 0.25) is 0 Å². The van der Waals surface area contributed by atoms with E-state index in [1.807, 2.05) is 11.8 Å². The molecule has 0 aromatic carbocycles. The predicted molar refractivity (Wildman–Crippen MR) is 70.2 cm³/mol. The van der Waals surface area contributed by atoms with Crippen LogP contribution in [0.3, 0.4) is 0 Å². The molecule has 92 valence electrons. The molecule has 2 aliphatic rings. The molecule has 2 saturated heterocycles. The number of nitrogens with zero attached hydrogens (tertiary/aromatic N) is 1. The van der Waals surface area contributed by atoms with Gasteiger partial charge in [0.25, 0.3) is 0 Å². The summed E-state index contributed by atoms with van der Waals surface area (Å²) in [7, 11) is 0. The fourth-order valence-corrected chi connectivity index (χ4v) is 3.34. The van der Waals surface area contributed by atoms with Gasteiger partial charge in [-0.3, -0.25) is 4.99 Å². The third-order valence-corrected chi connectivity index (χ3v) is 4.41.